The average Bonchev–Trinajstić information content (AvgIpc) is 2.96. The van der Waals surface area contributed by atoms with Crippen LogP contribution in [0.4, 0.5) is 0 Å². The van der Waals surface area contributed by atoms with Gasteiger partial charge in [-0.15, -0.1) is 0 Å². The van der Waals surface area contributed by atoms with E-state index < -0.39 is 0 Å². The number of aromatic nitrogens is 1. The van der Waals surface area contributed by atoms with Crippen LogP contribution in [0.15, 0.2) is 12.1 Å². The number of aryl methyl sites for hydroxylation is 1. The molecule has 6 heteroatoms. The number of likely N-dealkylation sites (N-methyl/N-ethyl adjacent to an activating group) is 1. The lowest BCUT2D eigenvalue weighted by atomic mass is 10.0. The van der Waals surface area contributed by atoms with Gasteiger partial charge in [-0.25, -0.2) is 4.79 Å². The van der Waals surface area contributed by atoms with E-state index in [2.05, 4.69) is 28.3 Å². The fraction of sp³-hybridized carbons (Fsp3) is 0.591. The Kier molecular flexibility index (Phi) is 6.62. The molecule has 2 aromatic rings. The van der Waals surface area contributed by atoms with E-state index in [1.54, 1.807) is 6.07 Å². The first-order valence-electron chi connectivity index (χ1n) is 10.4. The van der Waals surface area contributed by atoms with Crippen molar-refractivity contribution in [1.82, 2.24) is 14.4 Å². The number of phenolic OH excluding ortho intramolecular Hbond substituents is 1. The fourth-order valence-corrected chi connectivity index (χ4v) is 4.07. The van der Waals surface area contributed by atoms with Crippen molar-refractivity contribution in [3.8, 4) is 5.75 Å². The first-order valence-corrected chi connectivity index (χ1v) is 10.4. The van der Waals surface area contributed by atoms with E-state index in [0.29, 0.717) is 18.7 Å². The highest BCUT2D eigenvalue weighted by Gasteiger charge is 2.26. The molecule has 0 radical (unpaired) electrons. The van der Waals surface area contributed by atoms with Gasteiger partial charge in [-0.05, 0) is 39.4 Å². The zero-order valence-electron chi connectivity index (χ0n) is 17.6. The zero-order chi connectivity index (χ0) is 20.3. The first kappa shape index (κ1) is 20.7. The molecular weight excluding hydrogens is 354 g/mol. The molecule has 154 valence electrons. The number of phenols is 1. The second kappa shape index (κ2) is 8.97. The van der Waals surface area contributed by atoms with Gasteiger partial charge in [-0.3, -0.25) is 4.90 Å². The Morgan fingerprint density at radius 3 is 2.54 bits per heavy atom. The predicted octanol–water partition coefficient (Wildman–Crippen LogP) is 3.38. The molecule has 0 saturated carbocycles. The van der Waals surface area contributed by atoms with Crippen molar-refractivity contribution in [2.24, 2.45) is 0 Å². The lowest BCUT2D eigenvalue weighted by molar-refractivity contribution is 0.0527. The minimum Gasteiger partial charge on any atom is -0.508 e. The predicted molar refractivity (Wildman–Crippen MR) is 112 cm³/mol. The van der Waals surface area contributed by atoms with Crippen LogP contribution in [0, 0.1) is 6.92 Å². The standard InChI is InChI=1S/C22H33N3O3/c1-5-7-10-25-16(3)20(22(27)28-6-2)21-17(19(26)9-8-18(21)25)15-24-13-11-23(4)12-14-24/h8-9,26H,5-7,10-15H2,1-4H3. The Morgan fingerprint density at radius 1 is 1.18 bits per heavy atom. The normalized spacial score (nSPS) is 16.0. The highest BCUT2D eigenvalue weighted by Crippen LogP contribution is 2.35. The Hall–Kier alpha value is -2.05. The zero-order valence-corrected chi connectivity index (χ0v) is 17.6. The second-order valence-corrected chi connectivity index (χ2v) is 7.72. The van der Waals surface area contributed by atoms with E-state index in [9.17, 15) is 9.90 Å². The van der Waals surface area contributed by atoms with Crippen LogP contribution >= 0.6 is 0 Å². The molecule has 28 heavy (non-hydrogen) atoms. The minimum atomic E-state index is -0.300. The third-order valence-electron chi connectivity index (χ3n) is 5.77. The summed E-state index contributed by atoms with van der Waals surface area (Å²) in [6, 6.07) is 3.70. The van der Waals surface area contributed by atoms with Crippen LogP contribution in [0.1, 0.15) is 48.3 Å². The molecule has 2 heterocycles. The molecule has 6 nitrogen and oxygen atoms in total. The van der Waals surface area contributed by atoms with Gasteiger partial charge in [-0.1, -0.05) is 13.3 Å². The van der Waals surface area contributed by atoms with E-state index in [1.807, 2.05) is 19.9 Å². The summed E-state index contributed by atoms with van der Waals surface area (Å²) in [7, 11) is 2.13. The highest BCUT2D eigenvalue weighted by atomic mass is 16.5. The molecule has 1 aromatic carbocycles. The Labute approximate surface area is 167 Å². The molecule has 0 bridgehead atoms. The number of ether oxygens (including phenoxy) is 1. The van der Waals surface area contributed by atoms with Gasteiger partial charge in [-0.2, -0.15) is 0 Å². The number of hydrogen-bond donors (Lipinski definition) is 1. The number of piperazine rings is 1. The molecule has 0 amide bonds. The topological polar surface area (TPSA) is 57.9 Å². The maximum absolute atomic E-state index is 12.8. The number of esters is 1. The summed E-state index contributed by atoms with van der Waals surface area (Å²) in [4.78, 5) is 17.5. The number of benzene rings is 1. The molecule has 1 N–H and O–H groups in total. The summed E-state index contributed by atoms with van der Waals surface area (Å²) in [5.41, 5.74) is 3.37. The van der Waals surface area contributed by atoms with Crippen LogP contribution in [0.25, 0.3) is 10.9 Å². The van der Waals surface area contributed by atoms with Gasteiger partial charge in [0.25, 0.3) is 0 Å². The van der Waals surface area contributed by atoms with Crippen molar-refractivity contribution in [3.63, 3.8) is 0 Å². The number of carbonyl (C=O) groups excluding carboxylic acids is 1. The van der Waals surface area contributed by atoms with Crippen LogP contribution in [-0.4, -0.2) is 65.3 Å². The second-order valence-electron chi connectivity index (χ2n) is 7.72. The van der Waals surface area contributed by atoms with Crippen molar-refractivity contribution >= 4 is 16.9 Å². The molecule has 1 saturated heterocycles. The molecule has 0 unspecified atom stereocenters. The van der Waals surface area contributed by atoms with Crippen molar-refractivity contribution in [2.45, 2.75) is 46.7 Å². The first-order chi connectivity index (χ1) is 13.5. The molecule has 0 atom stereocenters. The van der Waals surface area contributed by atoms with Crippen LogP contribution in [0.3, 0.4) is 0 Å². The van der Waals surface area contributed by atoms with Crippen LogP contribution in [0.2, 0.25) is 0 Å². The Morgan fingerprint density at radius 2 is 1.89 bits per heavy atom. The smallest absolute Gasteiger partial charge is 0.340 e. The quantitative estimate of drug-likeness (QED) is 0.738. The third-order valence-corrected chi connectivity index (χ3v) is 5.77. The highest BCUT2D eigenvalue weighted by molar-refractivity contribution is 6.08. The maximum atomic E-state index is 12.8. The number of unbranched alkanes of at least 4 members (excludes halogenated alkanes) is 1. The van der Waals surface area contributed by atoms with Crippen LogP contribution in [-0.2, 0) is 17.8 Å². The Bertz CT molecular complexity index is 835. The molecule has 1 aliphatic heterocycles. The van der Waals surface area contributed by atoms with Gasteiger partial charge in [0.05, 0.1) is 12.2 Å². The number of aromatic hydroxyl groups is 1. The molecule has 1 fully saturated rings. The molecule has 1 aliphatic rings. The number of fused-ring (bicyclic) bond motifs is 1. The number of nitrogens with zero attached hydrogens (tertiary/aromatic N) is 3. The van der Waals surface area contributed by atoms with Crippen LogP contribution in [0.5, 0.6) is 5.75 Å². The van der Waals surface area contributed by atoms with E-state index in [-0.39, 0.29) is 11.7 Å². The van der Waals surface area contributed by atoms with E-state index in [4.69, 9.17) is 4.74 Å². The van der Waals surface area contributed by atoms with Crippen molar-refractivity contribution in [1.29, 1.82) is 0 Å². The molecule has 3 rings (SSSR count). The molecule has 0 aliphatic carbocycles. The molecule has 0 spiro atoms. The van der Waals surface area contributed by atoms with E-state index in [0.717, 1.165) is 67.7 Å². The van der Waals surface area contributed by atoms with Gasteiger partial charge in [0.2, 0.25) is 0 Å². The van der Waals surface area contributed by atoms with Gasteiger partial charge in [0.1, 0.15) is 5.75 Å². The lowest BCUT2D eigenvalue weighted by Gasteiger charge is -2.32. The molecular formula is C22H33N3O3. The largest absolute Gasteiger partial charge is 0.508 e. The Balaban J connectivity index is 2.11. The van der Waals surface area contributed by atoms with E-state index >= 15 is 0 Å². The van der Waals surface area contributed by atoms with Gasteiger partial charge in [0.15, 0.2) is 0 Å². The van der Waals surface area contributed by atoms with Crippen LogP contribution < -0.4 is 0 Å². The van der Waals surface area contributed by atoms with Crippen molar-refractivity contribution in [2.75, 3.05) is 39.8 Å². The number of carbonyl (C=O) groups is 1. The minimum absolute atomic E-state index is 0.254. The van der Waals surface area contributed by atoms with Gasteiger partial charge < -0.3 is 19.3 Å². The SMILES string of the molecule is CCCCn1c(C)c(C(=O)OCC)c2c(CN3CCN(C)CC3)c(O)ccc21. The lowest BCUT2D eigenvalue weighted by Crippen LogP contribution is -2.43. The number of rotatable bonds is 7. The third kappa shape index (κ3) is 4.03. The van der Waals surface area contributed by atoms with Gasteiger partial charge >= 0.3 is 5.97 Å². The summed E-state index contributed by atoms with van der Waals surface area (Å²) < 4.78 is 7.59. The monoisotopic (exact) mass is 387 g/mol. The average molecular weight is 388 g/mol. The van der Waals surface area contributed by atoms with E-state index in [1.165, 1.54) is 0 Å². The summed E-state index contributed by atoms with van der Waals surface area (Å²) in [5, 5.41) is 11.6. The summed E-state index contributed by atoms with van der Waals surface area (Å²) >= 11 is 0. The van der Waals surface area contributed by atoms with Crippen molar-refractivity contribution in [3.05, 3.63) is 29.0 Å². The van der Waals surface area contributed by atoms with Gasteiger partial charge in [0, 0.05) is 61.4 Å². The summed E-state index contributed by atoms with van der Waals surface area (Å²) in [6.45, 7) is 11.7. The number of hydrogen-bond acceptors (Lipinski definition) is 5. The fourth-order valence-electron chi connectivity index (χ4n) is 4.07. The van der Waals surface area contributed by atoms with Crippen molar-refractivity contribution < 1.29 is 14.6 Å². The summed E-state index contributed by atoms with van der Waals surface area (Å²) in [5.74, 6) is -0.0462. The summed E-state index contributed by atoms with van der Waals surface area (Å²) in [6.07, 6.45) is 2.13. The molecule has 1 aromatic heterocycles. The maximum Gasteiger partial charge on any atom is 0.340 e.